The van der Waals surface area contributed by atoms with Gasteiger partial charge in [-0.2, -0.15) is 0 Å². The summed E-state index contributed by atoms with van der Waals surface area (Å²) in [5.74, 6) is 0.770. The number of nitrogens with two attached hydrogens (primary N) is 1. The zero-order chi connectivity index (χ0) is 10.9. The van der Waals surface area contributed by atoms with Crippen LogP contribution in [0.5, 0.6) is 0 Å². The molecule has 1 aromatic carbocycles. The molecule has 0 unspecified atom stereocenters. The first kappa shape index (κ1) is 10.4. The molecule has 1 atom stereocenters. The summed E-state index contributed by atoms with van der Waals surface area (Å²) in [6, 6.07) is 8.00. The predicted octanol–water partition coefficient (Wildman–Crippen LogP) is 2.39. The van der Waals surface area contributed by atoms with Crippen LogP contribution in [-0.4, -0.2) is 6.54 Å². The number of benzene rings is 1. The lowest BCUT2D eigenvalue weighted by Gasteiger charge is -2.25. The Balaban J connectivity index is 2.39. The van der Waals surface area contributed by atoms with Crippen LogP contribution >= 0.6 is 11.6 Å². The summed E-state index contributed by atoms with van der Waals surface area (Å²) in [5, 5.41) is 3.95. The third kappa shape index (κ3) is 1.82. The second-order valence-electron chi connectivity index (χ2n) is 3.97. The lowest BCUT2D eigenvalue weighted by Crippen LogP contribution is -2.29. The highest BCUT2D eigenvalue weighted by Crippen LogP contribution is 2.33. The molecule has 2 nitrogen and oxygen atoms in total. The van der Waals surface area contributed by atoms with Gasteiger partial charge >= 0.3 is 0 Å². The molecule has 1 heterocycles. The van der Waals surface area contributed by atoms with Crippen molar-refractivity contribution >= 4 is 11.6 Å². The molecule has 0 aromatic heterocycles. The van der Waals surface area contributed by atoms with Gasteiger partial charge in [0.25, 0.3) is 0 Å². The molecule has 1 aromatic rings. The first-order valence-corrected chi connectivity index (χ1v) is 5.52. The first-order valence-electron chi connectivity index (χ1n) is 5.14. The van der Waals surface area contributed by atoms with Gasteiger partial charge in [-0.3, -0.25) is 0 Å². The van der Waals surface area contributed by atoms with E-state index in [1.807, 2.05) is 12.1 Å². The monoisotopic (exact) mass is 222 g/mol. The molecular formula is C12H15ClN2. The summed E-state index contributed by atoms with van der Waals surface area (Å²) in [7, 11) is 0. The van der Waals surface area contributed by atoms with Crippen LogP contribution in [0.3, 0.4) is 0 Å². The molecule has 0 fully saturated rings. The Morgan fingerprint density at radius 1 is 1.40 bits per heavy atom. The molecule has 0 radical (unpaired) electrons. The molecule has 15 heavy (non-hydrogen) atoms. The number of nitrogens with one attached hydrogen (secondary N) is 1. The summed E-state index contributed by atoms with van der Waals surface area (Å²) in [4.78, 5) is 0. The van der Waals surface area contributed by atoms with Crippen LogP contribution in [0.2, 0.25) is 5.02 Å². The van der Waals surface area contributed by atoms with Crippen LogP contribution in [0, 0.1) is 0 Å². The molecule has 1 aliphatic rings. The molecule has 0 saturated heterocycles. The lowest BCUT2D eigenvalue weighted by atomic mass is 9.79. The molecule has 0 saturated carbocycles. The maximum Gasteiger partial charge on any atom is 0.0929 e. The van der Waals surface area contributed by atoms with Crippen LogP contribution in [0.15, 0.2) is 36.2 Å². The van der Waals surface area contributed by atoms with Crippen LogP contribution in [0.25, 0.3) is 0 Å². The van der Waals surface area contributed by atoms with Crippen molar-refractivity contribution in [2.24, 2.45) is 5.73 Å². The summed E-state index contributed by atoms with van der Waals surface area (Å²) in [5.41, 5.74) is 7.08. The highest BCUT2D eigenvalue weighted by molar-refractivity contribution is 6.30. The molecule has 3 heteroatoms. The minimum atomic E-state index is 0.0364. The van der Waals surface area contributed by atoms with Crippen molar-refractivity contribution in [3.05, 3.63) is 46.7 Å². The molecule has 1 aliphatic heterocycles. The predicted molar refractivity (Wildman–Crippen MR) is 63.7 cm³/mol. The van der Waals surface area contributed by atoms with E-state index in [-0.39, 0.29) is 5.41 Å². The van der Waals surface area contributed by atoms with Gasteiger partial charge in [0, 0.05) is 17.0 Å². The Hall–Kier alpha value is -1.15. The second kappa shape index (κ2) is 3.78. The summed E-state index contributed by atoms with van der Waals surface area (Å²) in [6.07, 6.45) is 3.14. The van der Waals surface area contributed by atoms with Crippen molar-refractivity contribution in [2.75, 3.05) is 6.54 Å². The van der Waals surface area contributed by atoms with Gasteiger partial charge in [-0.05, 0) is 30.2 Å². The average molecular weight is 223 g/mol. The normalized spacial score (nSPS) is 24.8. The first-order chi connectivity index (χ1) is 7.16. The van der Waals surface area contributed by atoms with Crippen molar-refractivity contribution in [1.29, 1.82) is 0 Å². The van der Waals surface area contributed by atoms with Gasteiger partial charge in [-0.15, -0.1) is 0 Å². The maximum atomic E-state index is 5.88. The van der Waals surface area contributed by atoms with E-state index in [1.54, 1.807) is 0 Å². The second-order valence-corrected chi connectivity index (χ2v) is 4.41. The Morgan fingerprint density at radius 2 is 2.07 bits per heavy atom. The van der Waals surface area contributed by atoms with E-state index in [1.165, 1.54) is 5.56 Å². The van der Waals surface area contributed by atoms with E-state index in [4.69, 9.17) is 17.3 Å². The topological polar surface area (TPSA) is 38.0 Å². The standard InChI is InChI=1S/C12H15ClN2/c1-2-12(7-11(14)15-8-12)9-3-5-10(13)6-4-9/h3-7,15H,2,8,14H2,1H3/t12-/m1/s1. The van der Waals surface area contributed by atoms with Gasteiger partial charge in [0.15, 0.2) is 0 Å². The number of rotatable bonds is 2. The summed E-state index contributed by atoms with van der Waals surface area (Å²) < 4.78 is 0. The lowest BCUT2D eigenvalue weighted by molar-refractivity contribution is 0.526. The molecule has 80 valence electrons. The van der Waals surface area contributed by atoms with E-state index in [2.05, 4.69) is 30.4 Å². The van der Waals surface area contributed by atoms with E-state index >= 15 is 0 Å². The van der Waals surface area contributed by atoms with Crippen molar-refractivity contribution in [3.63, 3.8) is 0 Å². The highest BCUT2D eigenvalue weighted by atomic mass is 35.5. The van der Waals surface area contributed by atoms with Gasteiger partial charge < -0.3 is 11.1 Å². The van der Waals surface area contributed by atoms with Crippen LogP contribution < -0.4 is 11.1 Å². The quantitative estimate of drug-likeness (QED) is 0.807. The van der Waals surface area contributed by atoms with Crippen LogP contribution in [0.4, 0.5) is 0 Å². The van der Waals surface area contributed by atoms with Crippen molar-refractivity contribution in [2.45, 2.75) is 18.8 Å². The van der Waals surface area contributed by atoms with Crippen LogP contribution in [0.1, 0.15) is 18.9 Å². The van der Waals surface area contributed by atoms with E-state index < -0.39 is 0 Å². The fourth-order valence-corrected chi connectivity index (χ4v) is 2.18. The van der Waals surface area contributed by atoms with Gasteiger partial charge in [-0.25, -0.2) is 0 Å². The molecule has 2 rings (SSSR count). The minimum Gasteiger partial charge on any atom is -0.386 e. The molecular weight excluding hydrogens is 208 g/mol. The number of hydrogen-bond acceptors (Lipinski definition) is 2. The van der Waals surface area contributed by atoms with Gasteiger partial charge in [0.2, 0.25) is 0 Å². The van der Waals surface area contributed by atoms with Gasteiger partial charge in [-0.1, -0.05) is 30.7 Å². The zero-order valence-electron chi connectivity index (χ0n) is 8.76. The summed E-state index contributed by atoms with van der Waals surface area (Å²) in [6.45, 7) is 3.04. The number of halogens is 1. The van der Waals surface area contributed by atoms with Crippen molar-refractivity contribution in [3.8, 4) is 0 Å². The highest BCUT2D eigenvalue weighted by Gasteiger charge is 2.32. The van der Waals surface area contributed by atoms with Gasteiger partial charge in [0.1, 0.15) is 0 Å². The van der Waals surface area contributed by atoms with Crippen molar-refractivity contribution in [1.82, 2.24) is 5.32 Å². The van der Waals surface area contributed by atoms with Crippen molar-refractivity contribution < 1.29 is 0 Å². The smallest absolute Gasteiger partial charge is 0.0929 e. The Bertz CT molecular complexity index is 383. The SMILES string of the molecule is CC[C@@]1(c2ccc(Cl)cc2)C=C(N)NC1. The fraction of sp³-hybridized carbons (Fsp3) is 0.333. The fourth-order valence-electron chi connectivity index (χ4n) is 2.06. The Labute approximate surface area is 95.1 Å². The number of hydrogen-bond donors (Lipinski definition) is 2. The largest absolute Gasteiger partial charge is 0.386 e. The Kier molecular flexibility index (Phi) is 2.61. The Morgan fingerprint density at radius 3 is 2.53 bits per heavy atom. The molecule has 0 amide bonds. The maximum absolute atomic E-state index is 5.88. The van der Waals surface area contributed by atoms with Crippen LogP contribution in [-0.2, 0) is 5.41 Å². The molecule has 0 aliphatic carbocycles. The van der Waals surface area contributed by atoms with E-state index in [9.17, 15) is 0 Å². The minimum absolute atomic E-state index is 0.0364. The van der Waals surface area contributed by atoms with Gasteiger partial charge in [0.05, 0.1) is 5.82 Å². The van der Waals surface area contributed by atoms with E-state index in [0.717, 1.165) is 23.8 Å². The third-order valence-corrected chi connectivity index (χ3v) is 3.34. The molecule has 0 bridgehead atoms. The average Bonchev–Trinajstić information content (AvgIpc) is 2.62. The molecule has 0 spiro atoms. The summed E-state index contributed by atoms with van der Waals surface area (Å²) >= 11 is 5.88. The van der Waals surface area contributed by atoms with E-state index in [0.29, 0.717) is 0 Å². The zero-order valence-corrected chi connectivity index (χ0v) is 9.51. The third-order valence-electron chi connectivity index (χ3n) is 3.09. The molecule has 3 N–H and O–H groups in total.